The number of hydrogen-bond acceptors (Lipinski definition) is 10. The summed E-state index contributed by atoms with van der Waals surface area (Å²) in [5.74, 6) is -1.96. The van der Waals surface area contributed by atoms with E-state index in [0.29, 0.717) is 0 Å². The van der Waals surface area contributed by atoms with Gasteiger partial charge < -0.3 is 24.5 Å². The molecule has 0 aliphatic heterocycles. The van der Waals surface area contributed by atoms with Gasteiger partial charge in [-0.1, -0.05) is 5.21 Å². The normalized spacial score (nSPS) is 14.2. The Morgan fingerprint density at radius 1 is 1.31 bits per heavy atom. The van der Waals surface area contributed by atoms with Crippen LogP contribution in [0.4, 0.5) is 4.39 Å². The zero-order chi connectivity index (χ0) is 23.4. The first-order valence-electron chi connectivity index (χ1n) is 9.37. The molecule has 172 valence electrons. The zero-order valence-electron chi connectivity index (χ0n) is 16.7. The van der Waals surface area contributed by atoms with Gasteiger partial charge in [0.25, 0.3) is 5.56 Å². The van der Waals surface area contributed by atoms with Gasteiger partial charge in [0, 0.05) is 0 Å². The van der Waals surface area contributed by atoms with Gasteiger partial charge in [-0.2, -0.15) is 4.39 Å². The van der Waals surface area contributed by atoms with E-state index in [-0.39, 0.29) is 36.7 Å². The number of hydrogen-bond donors (Lipinski definition) is 4. The Balaban J connectivity index is 1.63. The number of carbonyl (C=O) groups excluding carboxylic acids is 1. The molecule has 0 bridgehead atoms. The van der Waals surface area contributed by atoms with E-state index < -0.39 is 41.3 Å². The van der Waals surface area contributed by atoms with Crippen molar-refractivity contribution in [3.63, 3.8) is 0 Å². The van der Waals surface area contributed by atoms with Crippen LogP contribution < -0.4 is 11.2 Å². The molecule has 0 aromatic carbocycles. The molecule has 0 amide bonds. The maximum absolute atomic E-state index is 13.4. The third kappa shape index (κ3) is 5.16. The van der Waals surface area contributed by atoms with Crippen molar-refractivity contribution in [1.29, 1.82) is 0 Å². The maximum Gasteiger partial charge on any atom is 0.341 e. The van der Waals surface area contributed by atoms with Crippen molar-refractivity contribution in [1.82, 2.24) is 24.5 Å². The minimum absolute atomic E-state index is 0.0393. The molecule has 0 radical (unpaired) electrons. The molecule has 0 saturated carbocycles. The molecule has 3 aromatic rings. The second kappa shape index (κ2) is 9.67. The quantitative estimate of drug-likeness (QED) is 0.279. The van der Waals surface area contributed by atoms with Crippen molar-refractivity contribution in [3.05, 3.63) is 68.4 Å². The van der Waals surface area contributed by atoms with E-state index in [1.165, 1.54) is 12.3 Å². The molecule has 14 heteroatoms. The molecule has 0 aliphatic carbocycles. The molecule has 13 nitrogen and oxygen atoms in total. The van der Waals surface area contributed by atoms with Gasteiger partial charge in [0.1, 0.15) is 36.0 Å². The number of aliphatic hydroxyl groups is 3. The Hall–Kier alpha value is -3.62. The fourth-order valence-electron chi connectivity index (χ4n) is 2.78. The van der Waals surface area contributed by atoms with E-state index in [2.05, 4.69) is 10.3 Å². The molecule has 4 N–H and O–H groups in total. The summed E-state index contributed by atoms with van der Waals surface area (Å²) in [7, 11) is 0. The molecule has 0 fully saturated rings. The summed E-state index contributed by atoms with van der Waals surface area (Å²) in [6.07, 6.45) is -1.78. The van der Waals surface area contributed by atoms with Gasteiger partial charge in [0.15, 0.2) is 0 Å². The smallest absolute Gasteiger partial charge is 0.341 e. The van der Waals surface area contributed by atoms with Gasteiger partial charge in [-0.25, -0.2) is 14.3 Å². The average Bonchev–Trinajstić information content (AvgIpc) is 3.41. The van der Waals surface area contributed by atoms with Crippen LogP contribution in [0.1, 0.15) is 34.8 Å². The summed E-state index contributed by atoms with van der Waals surface area (Å²) in [4.78, 5) is 36.3. The van der Waals surface area contributed by atoms with Gasteiger partial charge in [-0.3, -0.25) is 14.3 Å². The summed E-state index contributed by atoms with van der Waals surface area (Å²) in [6, 6.07) is 1.19. The Labute approximate surface area is 178 Å². The third-order valence-corrected chi connectivity index (χ3v) is 4.40. The summed E-state index contributed by atoms with van der Waals surface area (Å²) in [6.45, 7) is 1.26. The van der Waals surface area contributed by atoms with Crippen molar-refractivity contribution in [2.75, 3.05) is 6.61 Å². The van der Waals surface area contributed by atoms with E-state index in [0.717, 1.165) is 21.7 Å². The van der Waals surface area contributed by atoms with Crippen molar-refractivity contribution < 1.29 is 33.7 Å². The van der Waals surface area contributed by atoms with Gasteiger partial charge in [0.2, 0.25) is 5.82 Å². The highest BCUT2D eigenvalue weighted by molar-refractivity contribution is 5.89. The maximum atomic E-state index is 13.4. The minimum atomic E-state index is -1.71. The Kier molecular flexibility index (Phi) is 6.97. The monoisotopic (exact) mass is 453 g/mol. The number of rotatable bonds is 9. The molecule has 3 aromatic heterocycles. The van der Waals surface area contributed by atoms with Crippen LogP contribution in [0.5, 0.6) is 0 Å². The highest BCUT2D eigenvalue weighted by Gasteiger charge is 2.29. The van der Waals surface area contributed by atoms with E-state index >= 15 is 0 Å². The number of halogens is 1. The fraction of sp³-hybridized carbons (Fsp3) is 0.389. The van der Waals surface area contributed by atoms with Crippen molar-refractivity contribution in [2.24, 2.45) is 0 Å². The molecular formula is C18H20FN5O8. The van der Waals surface area contributed by atoms with Crippen LogP contribution in [-0.4, -0.2) is 64.6 Å². The number of aromatic amines is 1. The Morgan fingerprint density at radius 2 is 2.06 bits per heavy atom. The molecule has 0 spiro atoms. The number of esters is 1. The van der Waals surface area contributed by atoms with Crippen molar-refractivity contribution in [2.45, 2.75) is 38.3 Å². The predicted molar refractivity (Wildman–Crippen MR) is 102 cm³/mol. The van der Waals surface area contributed by atoms with Crippen LogP contribution in [0.2, 0.25) is 0 Å². The first kappa shape index (κ1) is 23.1. The number of nitrogens with zero attached hydrogens (tertiary/aromatic N) is 4. The van der Waals surface area contributed by atoms with Gasteiger partial charge in [-0.15, -0.1) is 5.10 Å². The first-order chi connectivity index (χ1) is 15.2. The summed E-state index contributed by atoms with van der Waals surface area (Å²) in [5.41, 5.74) is -1.75. The summed E-state index contributed by atoms with van der Waals surface area (Å²) < 4.78 is 25.2. The average molecular weight is 453 g/mol. The highest BCUT2D eigenvalue weighted by atomic mass is 19.1. The largest absolute Gasteiger partial charge is 0.466 e. The molecular weight excluding hydrogens is 433 g/mol. The Morgan fingerprint density at radius 3 is 2.78 bits per heavy atom. The summed E-state index contributed by atoms with van der Waals surface area (Å²) in [5, 5.41) is 38.2. The number of nitrogens with one attached hydrogen (secondary N) is 1. The van der Waals surface area contributed by atoms with Crippen LogP contribution in [0, 0.1) is 5.82 Å². The third-order valence-electron chi connectivity index (χ3n) is 4.40. The SMILES string of the molecule is CCOC(=O)c1coc([C@@H](O)[C@H](O)[C@H](O)Cn2cc(Cn3cc(F)c(=O)[nH]c3=O)nn2)c1. The van der Waals surface area contributed by atoms with Gasteiger partial charge in [0.05, 0.1) is 37.7 Å². The Bertz CT molecular complexity index is 1200. The second-order valence-corrected chi connectivity index (χ2v) is 6.76. The number of ether oxygens (including phenoxy) is 1. The fourth-order valence-corrected chi connectivity index (χ4v) is 2.78. The van der Waals surface area contributed by atoms with Crippen LogP contribution in [0.3, 0.4) is 0 Å². The molecule has 0 saturated heterocycles. The molecule has 3 heterocycles. The molecule has 0 unspecified atom stereocenters. The number of aromatic nitrogens is 5. The second-order valence-electron chi connectivity index (χ2n) is 6.76. The predicted octanol–water partition coefficient (Wildman–Crippen LogP) is -1.46. The number of aliphatic hydroxyl groups excluding tert-OH is 3. The molecule has 3 atom stereocenters. The van der Waals surface area contributed by atoms with Crippen LogP contribution >= 0.6 is 0 Å². The lowest BCUT2D eigenvalue weighted by Crippen LogP contribution is -2.35. The van der Waals surface area contributed by atoms with Crippen LogP contribution in [-0.2, 0) is 17.8 Å². The molecule has 3 rings (SSSR count). The summed E-state index contributed by atoms with van der Waals surface area (Å²) >= 11 is 0. The lowest BCUT2D eigenvalue weighted by Gasteiger charge is -2.21. The van der Waals surface area contributed by atoms with Gasteiger partial charge >= 0.3 is 11.7 Å². The highest BCUT2D eigenvalue weighted by Crippen LogP contribution is 2.22. The number of furan rings is 1. The van der Waals surface area contributed by atoms with E-state index in [1.54, 1.807) is 6.92 Å². The number of carbonyl (C=O) groups is 1. The van der Waals surface area contributed by atoms with Crippen LogP contribution in [0.15, 0.2) is 38.7 Å². The lowest BCUT2D eigenvalue weighted by molar-refractivity contribution is -0.0739. The zero-order valence-corrected chi connectivity index (χ0v) is 16.7. The van der Waals surface area contributed by atoms with E-state index in [9.17, 15) is 34.1 Å². The van der Waals surface area contributed by atoms with Crippen molar-refractivity contribution >= 4 is 5.97 Å². The van der Waals surface area contributed by atoms with Gasteiger partial charge in [-0.05, 0) is 13.0 Å². The first-order valence-corrected chi connectivity index (χ1v) is 9.37. The van der Waals surface area contributed by atoms with E-state index in [4.69, 9.17) is 9.15 Å². The standard InChI is InChI=1S/C18H20FN5O8/c1-2-31-17(29)9-3-13(32-8-9)15(27)14(26)12(25)7-24-5-10(21-22-24)4-23-6-11(19)16(28)20-18(23)30/h3,5-6,8,12,14-15,25-27H,2,4,7H2,1H3,(H,20,28,30)/t12-,14-,15-/m1/s1. The lowest BCUT2D eigenvalue weighted by atomic mass is 10.1. The topological polar surface area (TPSA) is 186 Å². The minimum Gasteiger partial charge on any atom is -0.466 e. The molecule has 0 aliphatic rings. The van der Waals surface area contributed by atoms with E-state index in [1.807, 2.05) is 4.98 Å². The number of H-pyrrole nitrogens is 1. The van der Waals surface area contributed by atoms with Crippen LogP contribution in [0.25, 0.3) is 0 Å². The molecule has 32 heavy (non-hydrogen) atoms. The van der Waals surface area contributed by atoms with Crippen molar-refractivity contribution in [3.8, 4) is 0 Å².